The second-order valence-corrected chi connectivity index (χ2v) is 6.07. The molecular formula is C17H20FN3O2. The lowest BCUT2D eigenvalue weighted by atomic mass is 9.94. The monoisotopic (exact) mass is 317 g/mol. The number of benzene rings is 1. The molecule has 1 fully saturated rings. The fourth-order valence-electron chi connectivity index (χ4n) is 3.25. The fourth-order valence-corrected chi connectivity index (χ4v) is 3.25. The minimum Gasteiger partial charge on any atom is -0.343 e. The Kier molecular flexibility index (Phi) is 4.41. The van der Waals surface area contributed by atoms with Gasteiger partial charge >= 0.3 is 0 Å². The maximum Gasteiger partial charge on any atom is 0.246 e. The summed E-state index contributed by atoms with van der Waals surface area (Å²) in [6, 6.07) is 6.09. The number of carbonyl (C=O) groups excluding carboxylic acids is 2. The van der Waals surface area contributed by atoms with Crippen molar-refractivity contribution < 1.29 is 14.0 Å². The summed E-state index contributed by atoms with van der Waals surface area (Å²) in [4.78, 5) is 25.9. The van der Waals surface area contributed by atoms with E-state index in [1.807, 2.05) is 6.07 Å². The van der Waals surface area contributed by atoms with E-state index in [1.165, 1.54) is 17.1 Å². The Morgan fingerprint density at radius 2 is 2.00 bits per heavy atom. The molecule has 3 rings (SSSR count). The number of amides is 2. The number of hydrogen-bond donors (Lipinski definition) is 0. The van der Waals surface area contributed by atoms with Crippen LogP contribution in [0.5, 0.6) is 0 Å². The quantitative estimate of drug-likeness (QED) is 0.841. The number of hydrogen-bond acceptors (Lipinski definition) is 3. The number of carbonyl (C=O) groups is 2. The van der Waals surface area contributed by atoms with E-state index in [2.05, 4.69) is 5.10 Å². The lowest BCUT2D eigenvalue weighted by Gasteiger charge is -2.33. The molecule has 2 aliphatic heterocycles. The van der Waals surface area contributed by atoms with Gasteiger partial charge in [-0.25, -0.2) is 9.40 Å². The summed E-state index contributed by atoms with van der Waals surface area (Å²) >= 11 is 0. The molecule has 0 aromatic heterocycles. The Morgan fingerprint density at radius 3 is 2.65 bits per heavy atom. The van der Waals surface area contributed by atoms with E-state index in [4.69, 9.17) is 0 Å². The molecule has 6 heteroatoms. The number of hydrazone groups is 1. The second-order valence-electron chi connectivity index (χ2n) is 6.07. The van der Waals surface area contributed by atoms with Gasteiger partial charge < -0.3 is 4.90 Å². The molecule has 2 heterocycles. The molecule has 0 bridgehead atoms. The predicted octanol–water partition coefficient (Wildman–Crippen LogP) is 2.34. The van der Waals surface area contributed by atoms with Crippen molar-refractivity contribution in [1.29, 1.82) is 0 Å². The van der Waals surface area contributed by atoms with Gasteiger partial charge in [0.05, 0.1) is 6.04 Å². The average molecular weight is 317 g/mol. The van der Waals surface area contributed by atoms with Gasteiger partial charge in [0, 0.05) is 38.6 Å². The average Bonchev–Trinajstić information content (AvgIpc) is 3.04. The number of rotatable bonds is 2. The van der Waals surface area contributed by atoms with Crippen LogP contribution < -0.4 is 0 Å². The molecule has 2 amide bonds. The van der Waals surface area contributed by atoms with Crippen LogP contribution in [0.3, 0.4) is 0 Å². The summed E-state index contributed by atoms with van der Waals surface area (Å²) in [5.41, 5.74) is 0.761. The van der Waals surface area contributed by atoms with E-state index in [0.717, 1.165) is 5.56 Å². The van der Waals surface area contributed by atoms with Crippen molar-refractivity contribution in [2.45, 2.75) is 32.2 Å². The van der Waals surface area contributed by atoms with Gasteiger partial charge in [-0.2, -0.15) is 5.10 Å². The van der Waals surface area contributed by atoms with Crippen LogP contribution in [0.1, 0.15) is 37.8 Å². The molecule has 1 saturated heterocycles. The van der Waals surface area contributed by atoms with Gasteiger partial charge in [-0.1, -0.05) is 12.1 Å². The van der Waals surface area contributed by atoms with Crippen LogP contribution in [-0.2, 0) is 9.59 Å². The van der Waals surface area contributed by atoms with E-state index in [9.17, 15) is 14.0 Å². The molecule has 0 spiro atoms. The van der Waals surface area contributed by atoms with Crippen molar-refractivity contribution in [3.8, 4) is 0 Å². The largest absolute Gasteiger partial charge is 0.343 e. The highest BCUT2D eigenvalue weighted by Gasteiger charge is 2.35. The molecule has 0 radical (unpaired) electrons. The van der Waals surface area contributed by atoms with Crippen molar-refractivity contribution in [3.63, 3.8) is 0 Å². The Hall–Kier alpha value is -2.24. The number of halogens is 1. The molecule has 122 valence electrons. The van der Waals surface area contributed by atoms with Gasteiger partial charge in [0.15, 0.2) is 0 Å². The maximum absolute atomic E-state index is 13.4. The van der Waals surface area contributed by atoms with E-state index in [-0.39, 0.29) is 29.6 Å². The molecule has 2 aliphatic rings. The topological polar surface area (TPSA) is 53.0 Å². The number of likely N-dealkylation sites (tertiary alicyclic amines) is 1. The zero-order valence-corrected chi connectivity index (χ0v) is 13.1. The zero-order valence-electron chi connectivity index (χ0n) is 13.1. The van der Waals surface area contributed by atoms with Crippen LogP contribution in [0.25, 0.3) is 0 Å². The lowest BCUT2D eigenvalue weighted by Crippen LogP contribution is -2.42. The third-order valence-corrected chi connectivity index (χ3v) is 4.58. The molecule has 0 saturated carbocycles. The summed E-state index contributed by atoms with van der Waals surface area (Å²) < 4.78 is 13.4. The number of nitrogens with zero attached hydrogens (tertiary/aromatic N) is 3. The normalized spacial score (nSPS) is 21.7. The standard InChI is InChI=1S/C17H20FN3O2/c1-12(22)20-9-6-13(7-10-20)17(23)21-16(5-8-19-21)14-3-2-4-15(18)11-14/h2-4,8,11,13,16H,5-7,9-10H2,1H3/t16-/m0/s1. The first-order valence-electron chi connectivity index (χ1n) is 7.93. The third-order valence-electron chi connectivity index (χ3n) is 4.58. The number of piperidine rings is 1. The Balaban J connectivity index is 1.69. The highest BCUT2D eigenvalue weighted by atomic mass is 19.1. The van der Waals surface area contributed by atoms with Crippen LogP contribution in [0, 0.1) is 11.7 Å². The Morgan fingerprint density at radius 1 is 1.26 bits per heavy atom. The first kappa shape index (κ1) is 15.6. The summed E-state index contributed by atoms with van der Waals surface area (Å²) in [7, 11) is 0. The van der Waals surface area contributed by atoms with Crippen LogP contribution in [0.2, 0.25) is 0 Å². The van der Waals surface area contributed by atoms with Gasteiger partial charge in [0.25, 0.3) is 0 Å². The van der Waals surface area contributed by atoms with E-state index in [1.54, 1.807) is 24.1 Å². The fraction of sp³-hybridized carbons (Fsp3) is 0.471. The highest BCUT2D eigenvalue weighted by Crippen LogP contribution is 2.32. The van der Waals surface area contributed by atoms with Crippen LogP contribution in [-0.4, -0.2) is 41.0 Å². The molecule has 1 aromatic carbocycles. The van der Waals surface area contributed by atoms with Crippen molar-refractivity contribution in [3.05, 3.63) is 35.6 Å². The summed E-state index contributed by atoms with van der Waals surface area (Å²) in [6.07, 6.45) is 3.61. The summed E-state index contributed by atoms with van der Waals surface area (Å²) in [5, 5.41) is 5.70. The highest BCUT2D eigenvalue weighted by molar-refractivity contribution is 5.82. The molecular weight excluding hydrogens is 297 g/mol. The molecule has 0 unspecified atom stereocenters. The van der Waals surface area contributed by atoms with Crippen LogP contribution >= 0.6 is 0 Å². The Bertz CT molecular complexity index is 638. The van der Waals surface area contributed by atoms with Crippen LogP contribution in [0.15, 0.2) is 29.4 Å². The minimum absolute atomic E-state index is 0.0313. The van der Waals surface area contributed by atoms with Crippen molar-refractivity contribution >= 4 is 18.0 Å². The zero-order chi connectivity index (χ0) is 16.4. The van der Waals surface area contributed by atoms with Gasteiger partial charge in [-0.15, -0.1) is 0 Å². The minimum atomic E-state index is -0.309. The molecule has 0 aliphatic carbocycles. The van der Waals surface area contributed by atoms with E-state index < -0.39 is 0 Å². The SMILES string of the molecule is CC(=O)N1CCC(C(=O)N2N=CC[C@H]2c2cccc(F)c2)CC1. The molecule has 1 atom stereocenters. The molecule has 23 heavy (non-hydrogen) atoms. The smallest absolute Gasteiger partial charge is 0.246 e. The summed E-state index contributed by atoms with van der Waals surface area (Å²) in [5.74, 6) is -0.419. The predicted molar refractivity (Wildman–Crippen MR) is 84.1 cm³/mol. The van der Waals surface area contributed by atoms with Gasteiger partial charge in [-0.3, -0.25) is 9.59 Å². The first-order valence-corrected chi connectivity index (χ1v) is 7.93. The van der Waals surface area contributed by atoms with Gasteiger partial charge in [0.1, 0.15) is 5.82 Å². The maximum atomic E-state index is 13.4. The second kappa shape index (κ2) is 6.48. The molecule has 0 N–H and O–H groups in total. The van der Waals surface area contributed by atoms with Crippen molar-refractivity contribution in [2.75, 3.05) is 13.1 Å². The van der Waals surface area contributed by atoms with E-state index in [0.29, 0.717) is 32.4 Å². The molecule has 5 nitrogen and oxygen atoms in total. The van der Waals surface area contributed by atoms with Crippen molar-refractivity contribution in [1.82, 2.24) is 9.91 Å². The third kappa shape index (κ3) is 3.25. The Labute approximate surface area is 134 Å². The van der Waals surface area contributed by atoms with Gasteiger partial charge in [0.2, 0.25) is 11.8 Å². The van der Waals surface area contributed by atoms with Crippen LogP contribution in [0.4, 0.5) is 4.39 Å². The van der Waals surface area contributed by atoms with E-state index >= 15 is 0 Å². The lowest BCUT2D eigenvalue weighted by molar-refractivity contribution is -0.141. The first-order chi connectivity index (χ1) is 11.1. The summed E-state index contributed by atoms with van der Waals surface area (Å²) in [6.45, 7) is 2.76. The molecule has 1 aromatic rings. The van der Waals surface area contributed by atoms with Crippen molar-refractivity contribution in [2.24, 2.45) is 11.0 Å². The van der Waals surface area contributed by atoms with Gasteiger partial charge in [-0.05, 0) is 30.5 Å².